The quantitative estimate of drug-likeness (QED) is 0.308. The number of benzene rings is 3. The van der Waals surface area contributed by atoms with E-state index in [-0.39, 0.29) is 11.8 Å². The molecule has 1 heterocycles. The number of amides is 1. The summed E-state index contributed by atoms with van der Waals surface area (Å²) in [7, 11) is 0. The number of aryl methyl sites for hydroxylation is 3. The predicted octanol–water partition coefficient (Wildman–Crippen LogP) is 6.45. The maximum absolute atomic E-state index is 13.2. The first-order valence-corrected chi connectivity index (χ1v) is 12.0. The highest BCUT2D eigenvalue weighted by atomic mass is 16.3. The summed E-state index contributed by atoms with van der Waals surface area (Å²) in [5.41, 5.74) is 7.19. The van der Waals surface area contributed by atoms with Crippen LogP contribution in [0.15, 0.2) is 83.5 Å². The fourth-order valence-electron chi connectivity index (χ4n) is 4.27. The lowest BCUT2D eigenvalue weighted by Crippen LogP contribution is -2.33. The van der Waals surface area contributed by atoms with Crippen molar-refractivity contribution in [1.82, 2.24) is 5.32 Å². The van der Waals surface area contributed by atoms with E-state index in [1.165, 1.54) is 27.8 Å². The van der Waals surface area contributed by atoms with Gasteiger partial charge in [-0.25, -0.2) is 0 Å². The second kappa shape index (κ2) is 11.0. The Hall–Kier alpha value is -3.33. The molecule has 170 valence electrons. The number of hydrogen-bond acceptors (Lipinski definition) is 2. The molecule has 1 N–H and O–H groups in total. The van der Waals surface area contributed by atoms with Crippen LogP contribution >= 0.6 is 0 Å². The average Bonchev–Trinajstić information content (AvgIpc) is 3.31. The molecule has 3 aromatic carbocycles. The van der Waals surface area contributed by atoms with Crippen molar-refractivity contribution in [2.75, 3.05) is 6.54 Å². The van der Waals surface area contributed by atoms with E-state index in [1.807, 2.05) is 12.1 Å². The molecular weight excluding hydrogens is 406 g/mol. The lowest BCUT2D eigenvalue weighted by Gasteiger charge is -2.17. The zero-order valence-electron chi connectivity index (χ0n) is 19.6. The smallest absolute Gasteiger partial charge is 0.223 e. The van der Waals surface area contributed by atoms with Gasteiger partial charge in [0.05, 0.1) is 6.26 Å². The Balaban J connectivity index is 1.40. The third-order valence-electron chi connectivity index (χ3n) is 6.42. The van der Waals surface area contributed by atoms with Gasteiger partial charge in [0.25, 0.3) is 0 Å². The van der Waals surface area contributed by atoms with Gasteiger partial charge in [0.1, 0.15) is 5.58 Å². The van der Waals surface area contributed by atoms with Crippen LogP contribution in [-0.4, -0.2) is 12.5 Å². The Morgan fingerprint density at radius 1 is 0.848 bits per heavy atom. The molecule has 0 saturated heterocycles. The lowest BCUT2D eigenvalue weighted by molar-refractivity contribution is -0.125. The van der Waals surface area contributed by atoms with Crippen LogP contribution < -0.4 is 5.32 Å². The zero-order chi connectivity index (χ0) is 23.0. The van der Waals surface area contributed by atoms with Crippen LogP contribution in [0.4, 0.5) is 0 Å². The van der Waals surface area contributed by atoms with Gasteiger partial charge in [-0.3, -0.25) is 4.79 Å². The van der Waals surface area contributed by atoms with Crippen molar-refractivity contribution >= 4 is 16.9 Å². The van der Waals surface area contributed by atoms with Gasteiger partial charge in [-0.05, 0) is 79.5 Å². The maximum atomic E-state index is 13.2. The third kappa shape index (κ3) is 6.35. The van der Waals surface area contributed by atoms with E-state index in [2.05, 4.69) is 79.8 Å². The molecule has 4 aromatic rings. The summed E-state index contributed by atoms with van der Waals surface area (Å²) in [5.74, 6) is 0.0673. The number of carbonyl (C=O) groups excluding carboxylic acids is 1. The minimum atomic E-state index is -0.0712. The van der Waals surface area contributed by atoms with Crippen LogP contribution in [-0.2, 0) is 30.5 Å². The first kappa shape index (κ1) is 22.8. The average molecular weight is 440 g/mol. The molecule has 1 atom stereocenters. The molecule has 3 nitrogen and oxygen atoms in total. The minimum absolute atomic E-state index is 0.0712. The number of rotatable bonds is 10. The van der Waals surface area contributed by atoms with Gasteiger partial charge in [0.15, 0.2) is 0 Å². The number of nitrogens with one attached hydrogen (secondary N) is 1. The fourth-order valence-corrected chi connectivity index (χ4v) is 4.27. The predicted molar refractivity (Wildman–Crippen MR) is 135 cm³/mol. The minimum Gasteiger partial charge on any atom is -0.464 e. The summed E-state index contributed by atoms with van der Waals surface area (Å²) >= 11 is 0. The summed E-state index contributed by atoms with van der Waals surface area (Å²) in [4.78, 5) is 13.2. The van der Waals surface area contributed by atoms with Crippen molar-refractivity contribution < 1.29 is 9.21 Å². The maximum Gasteiger partial charge on any atom is 0.223 e. The highest BCUT2D eigenvalue weighted by Crippen LogP contribution is 2.22. The summed E-state index contributed by atoms with van der Waals surface area (Å²) in [6.45, 7) is 4.92. The van der Waals surface area contributed by atoms with Gasteiger partial charge in [0, 0.05) is 17.8 Å². The van der Waals surface area contributed by atoms with Gasteiger partial charge < -0.3 is 9.73 Å². The molecule has 0 bridgehead atoms. The van der Waals surface area contributed by atoms with Crippen molar-refractivity contribution in [3.63, 3.8) is 0 Å². The standard InChI is InChI=1S/C30H33NO2/c1-3-23-8-10-25(11-9-23)16-18-31-30(32)28(14-12-24-6-4-22(2)5-7-24)21-26-13-15-29-27(20-26)17-19-33-29/h4-11,13,15,17,19-20,28H,3,12,14,16,18,21H2,1-2H3,(H,31,32). The first-order valence-electron chi connectivity index (χ1n) is 12.0. The summed E-state index contributed by atoms with van der Waals surface area (Å²) in [6, 6.07) is 25.5. The van der Waals surface area contributed by atoms with Crippen LogP contribution in [0.1, 0.15) is 41.2 Å². The number of furan rings is 1. The number of fused-ring (bicyclic) bond motifs is 1. The molecule has 3 heteroatoms. The van der Waals surface area contributed by atoms with Gasteiger partial charge in [0.2, 0.25) is 5.91 Å². The SMILES string of the molecule is CCc1ccc(CCNC(=O)C(CCc2ccc(C)cc2)Cc2ccc3occc3c2)cc1. The van der Waals surface area contributed by atoms with Gasteiger partial charge in [-0.1, -0.05) is 67.1 Å². The van der Waals surface area contributed by atoms with Gasteiger partial charge >= 0.3 is 0 Å². The lowest BCUT2D eigenvalue weighted by atomic mass is 9.91. The Morgan fingerprint density at radius 2 is 1.52 bits per heavy atom. The molecule has 1 unspecified atom stereocenters. The van der Waals surface area contributed by atoms with Crippen molar-refractivity contribution in [2.24, 2.45) is 5.92 Å². The molecule has 0 aliphatic rings. The van der Waals surface area contributed by atoms with Crippen molar-refractivity contribution in [1.29, 1.82) is 0 Å². The molecule has 1 amide bonds. The largest absolute Gasteiger partial charge is 0.464 e. The molecule has 0 saturated carbocycles. The fraction of sp³-hybridized carbons (Fsp3) is 0.300. The van der Waals surface area contributed by atoms with E-state index < -0.39 is 0 Å². The highest BCUT2D eigenvalue weighted by molar-refractivity contribution is 5.80. The molecular formula is C30H33NO2. The number of carbonyl (C=O) groups is 1. The molecule has 0 aliphatic heterocycles. The van der Waals surface area contributed by atoms with E-state index >= 15 is 0 Å². The summed E-state index contributed by atoms with van der Waals surface area (Å²) < 4.78 is 5.47. The van der Waals surface area contributed by atoms with E-state index in [1.54, 1.807) is 6.26 Å². The van der Waals surface area contributed by atoms with E-state index in [9.17, 15) is 4.79 Å². The molecule has 33 heavy (non-hydrogen) atoms. The molecule has 0 aliphatic carbocycles. The molecule has 0 fully saturated rings. The Labute approximate surface area is 196 Å². The number of hydrogen-bond donors (Lipinski definition) is 1. The van der Waals surface area contributed by atoms with Crippen LogP contribution in [0.2, 0.25) is 0 Å². The van der Waals surface area contributed by atoms with Crippen molar-refractivity contribution in [3.05, 3.63) is 107 Å². The van der Waals surface area contributed by atoms with E-state index in [0.717, 1.165) is 43.1 Å². The van der Waals surface area contributed by atoms with Crippen LogP contribution in [0.25, 0.3) is 11.0 Å². The van der Waals surface area contributed by atoms with Crippen molar-refractivity contribution in [2.45, 2.75) is 46.0 Å². The zero-order valence-corrected chi connectivity index (χ0v) is 19.6. The van der Waals surface area contributed by atoms with Crippen LogP contribution in [0, 0.1) is 12.8 Å². The van der Waals surface area contributed by atoms with Gasteiger partial charge in [-0.15, -0.1) is 0 Å². The second-order valence-electron chi connectivity index (χ2n) is 8.93. The first-order chi connectivity index (χ1) is 16.1. The Kier molecular flexibility index (Phi) is 7.62. The summed E-state index contributed by atoms with van der Waals surface area (Å²) in [5, 5.41) is 4.28. The Morgan fingerprint density at radius 3 is 2.27 bits per heavy atom. The molecule has 1 aromatic heterocycles. The highest BCUT2D eigenvalue weighted by Gasteiger charge is 2.19. The van der Waals surface area contributed by atoms with Crippen molar-refractivity contribution in [3.8, 4) is 0 Å². The summed E-state index contributed by atoms with van der Waals surface area (Å²) in [6.07, 6.45) is 6.05. The second-order valence-corrected chi connectivity index (χ2v) is 8.93. The normalized spacial score (nSPS) is 12.1. The van der Waals surface area contributed by atoms with E-state index in [4.69, 9.17) is 4.42 Å². The van der Waals surface area contributed by atoms with E-state index in [0.29, 0.717) is 6.54 Å². The molecule has 0 radical (unpaired) electrons. The molecule has 4 rings (SSSR count). The monoisotopic (exact) mass is 439 g/mol. The van der Waals surface area contributed by atoms with Crippen LogP contribution in [0.5, 0.6) is 0 Å². The van der Waals surface area contributed by atoms with Gasteiger partial charge in [-0.2, -0.15) is 0 Å². The third-order valence-corrected chi connectivity index (χ3v) is 6.42. The van der Waals surface area contributed by atoms with Crippen LogP contribution in [0.3, 0.4) is 0 Å². The topological polar surface area (TPSA) is 42.2 Å². The Bertz CT molecular complexity index is 1170. The molecule has 0 spiro atoms.